The lowest BCUT2D eigenvalue weighted by Gasteiger charge is -2.18. The highest BCUT2D eigenvalue weighted by Crippen LogP contribution is 2.33. The van der Waals surface area contributed by atoms with Crippen molar-refractivity contribution in [3.63, 3.8) is 0 Å². The minimum Gasteiger partial charge on any atom is -0.484 e. The van der Waals surface area contributed by atoms with Gasteiger partial charge in [-0.3, -0.25) is 9.59 Å². The molecule has 0 bridgehead atoms. The van der Waals surface area contributed by atoms with Crippen molar-refractivity contribution in [2.45, 2.75) is 51.5 Å². The SMILES string of the molecule is CCCC(CC)NC(=O)COc1ccc2ccc(C(CC(=O)O)c3ccc4occc4c3)cc2c1. The number of carboxylic acid groups (broad SMARTS) is 1. The minimum absolute atomic E-state index is 0.0262. The lowest BCUT2D eigenvalue weighted by atomic mass is 9.87. The minimum atomic E-state index is -0.862. The molecule has 0 aliphatic heterocycles. The van der Waals surface area contributed by atoms with Gasteiger partial charge in [0, 0.05) is 17.3 Å². The van der Waals surface area contributed by atoms with Crippen LogP contribution in [-0.4, -0.2) is 29.6 Å². The first-order chi connectivity index (χ1) is 17.0. The number of benzene rings is 3. The van der Waals surface area contributed by atoms with E-state index in [1.807, 2.05) is 60.7 Å². The third-order valence-electron chi connectivity index (χ3n) is 6.36. The highest BCUT2D eigenvalue weighted by molar-refractivity contribution is 5.86. The van der Waals surface area contributed by atoms with Crippen LogP contribution in [0.2, 0.25) is 0 Å². The molecule has 0 saturated carbocycles. The van der Waals surface area contributed by atoms with Crippen molar-refractivity contribution in [3.8, 4) is 5.75 Å². The Morgan fingerprint density at radius 1 is 0.943 bits per heavy atom. The van der Waals surface area contributed by atoms with Crippen molar-refractivity contribution in [2.75, 3.05) is 6.61 Å². The number of hydrogen-bond acceptors (Lipinski definition) is 4. The Hall–Kier alpha value is -3.80. The van der Waals surface area contributed by atoms with Crippen LogP contribution in [0.25, 0.3) is 21.7 Å². The molecule has 6 nitrogen and oxygen atoms in total. The van der Waals surface area contributed by atoms with Crippen molar-refractivity contribution in [1.29, 1.82) is 0 Å². The van der Waals surface area contributed by atoms with Crippen molar-refractivity contribution >= 4 is 33.6 Å². The molecular formula is C29H31NO5. The van der Waals surface area contributed by atoms with Gasteiger partial charge in [0.25, 0.3) is 5.91 Å². The summed E-state index contributed by atoms with van der Waals surface area (Å²) in [6.07, 6.45) is 4.47. The number of aliphatic carboxylic acids is 1. The average molecular weight is 474 g/mol. The molecular weight excluding hydrogens is 442 g/mol. The van der Waals surface area contributed by atoms with E-state index >= 15 is 0 Å². The lowest BCUT2D eigenvalue weighted by Crippen LogP contribution is -2.37. The van der Waals surface area contributed by atoms with E-state index in [-0.39, 0.29) is 30.9 Å². The van der Waals surface area contributed by atoms with Crippen LogP contribution in [0, 0.1) is 0 Å². The van der Waals surface area contributed by atoms with Crippen LogP contribution < -0.4 is 10.1 Å². The summed E-state index contributed by atoms with van der Waals surface area (Å²) in [4.78, 5) is 24.0. The first kappa shape index (κ1) is 24.3. The van der Waals surface area contributed by atoms with Gasteiger partial charge in [0.1, 0.15) is 11.3 Å². The zero-order valence-corrected chi connectivity index (χ0v) is 20.1. The number of ether oxygens (including phenoxy) is 1. The summed E-state index contributed by atoms with van der Waals surface area (Å²) in [5, 5.41) is 15.5. The topological polar surface area (TPSA) is 88.8 Å². The van der Waals surface area contributed by atoms with Gasteiger partial charge in [-0.2, -0.15) is 0 Å². The van der Waals surface area contributed by atoms with Gasteiger partial charge in [0.15, 0.2) is 6.61 Å². The van der Waals surface area contributed by atoms with Crippen molar-refractivity contribution in [2.24, 2.45) is 0 Å². The van der Waals surface area contributed by atoms with Crippen LogP contribution in [-0.2, 0) is 9.59 Å². The fraction of sp³-hybridized carbons (Fsp3) is 0.310. The Morgan fingerprint density at radius 2 is 1.69 bits per heavy atom. The van der Waals surface area contributed by atoms with E-state index in [4.69, 9.17) is 9.15 Å². The Bertz CT molecular complexity index is 1330. The number of hydrogen-bond donors (Lipinski definition) is 2. The molecule has 3 aromatic carbocycles. The number of fused-ring (bicyclic) bond motifs is 2. The van der Waals surface area contributed by atoms with Gasteiger partial charge in [-0.25, -0.2) is 0 Å². The average Bonchev–Trinajstić information content (AvgIpc) is 3.33. The number of rotatable bonds is 11. The van der Waals surface area contributed by atoms with E-state index in [0.717, 1.165) is 52.1 Å². The first-order valence-corrected chi connectivity index (χ1v) is 12.1. The number of carboxylic acids is 1. The molecule has 6 heteroatoms. The first-order valence-electron chi connectivity index (χ1n) is 12.1. The molecule has 182 valence electrons. The Morgan fingerprint density at radius 3 is 2.43 bits per heavy atom. The van der Waals surface area contributed by atoms with E-state index in [0.29, 0.717) is 5.75 Å². The number of carbonyl (C=O) groups excluding carboxylic acids is 1. The highest BCUT2D eigenvalue weighted by Gasteiger charge is 2.19. The summed E-state index contributed by atoms with van der Waals surface area (Å²) in [6.45, 7) is 4.12. The normalized spacial score (nSPS) is 13.0. The second-order valence-corrected chi connectivity index (χ2v) is 8.89. The Kier molecular flexibility index (Phi) is 7.70. The largest absolute Gasteiger partial charge is 0.484 e. The van der Waals surface area contributed by atoms with Crippen LogP contribution in [0.5, 0.6) is 5.75 Å². The van der Waals surface area contributed by atoms with Gasteiger partial charge in [-0.05, 0) is 65.1 Å². The van der Waals surface area contributed by atoms with E-state index in [1.165, 1.54) is 0 Å². The zero-order chi connectivity index (χ0) is 24.8. The number of furan rings is 1. The third kappa shape index (κ3) is 6.01. The van der Waals surface area contributed by atoms with Gasteiger partial charge in [0.05, 0.1) is 12.7 Å². The summed E-state index contributed by atoms with van der Waals surface area (Å²) in [7, 11) is 0. The summed E-state index contributed by atoms with van der Waals surface area (Å²) >= 11 is 0. The monoisotopic (exact) mass is 473 g/mol. The standard InChI is InChI=1S/C29H31NO5/c1-3-5-24(4-2)30-28(31)18-35-25-10-8-19-6-7-20(15-23(19)16-25)26(17-29(32)33)21-9-11-27-22(14-21)12-13-34-27/h6-16,24,26H,3-5,17-18H2,1-2H3,(H,30,31)(H,32,33). The summed E-state index contributed by atoms with van der Waals surface area (Å²) in [6, 6.07) is 19.5. The molecule has 1 heterocycles. The maximum atomic E-state index is 12.3. The molecule has 0 aliphatic rings. The van der Waals surface area contributed by atoms with E-state index < -0.39 is 5.97 Å². The number of carbonyl (C=O) groups is 2. The van der Waals surface area contributed by atoms with Gasteiger partial charge in [0.2, 0.25) is 0 Å². The smallest absolute Gasteiger partial charge is 0.304 e. The molecule has 4 rings (SSSR count). The Labute approximate surface area is 204 Å². The van der Waals surface area contributed by atoms with Crippen LogP contribution in [0.3, 0.4) is 0 Å². The molecule has 2 atom stereocenters. The summed E-state index contributed by atoms with van der Waals surface area (Å²) in [5.74, 6) is -0.701. The third-order valence-corrected chi connectivity index (χ3v) is 6.36. The molecule has 0 aliphatic carbocycles. The summed E-state index contributed by atoms with van der Waals surface area (Å²) < 4.78 is 11.2. The number of nitrogens with one attached hydrogen (secondary N) is 1. The second kappa shape index (κ2) is 11.1. The predicted octanol–water partition coefficient (Wildman–Crippen LogP) is 6.27. The predicted molar refractivity (Wildman–Crippen MR) is 137 cm³/mol. The highest BCUT2D eigenvalue weighted by atomic mass is 16.5. The van der Waals surface area contributed by atoms with Crippen LogP contribution >= 0.6 is 0 Å². The van der Waals surface area contributed by atoms with Crippen LogP contribution in [0.1, 0.15) is 56.6 Å². The molecule has 4 aromatic rings. The molecule has 0 fully saturated rings. The van der Waals surface area contributed by atoms with E-state index in [9.17, 15) is 14.7 Å². The van der Waals surface area contributed by atoms with Crippen LogP contribution in [0.4, 0.5) is 0 Å². The molecule has 0 radical (unpaired) electrons. The van der Waals surface area contributed by atoms with Gasteiger partial charge in [-0.1, -0.05) is 50.6 Å². The molecule has 35 heavy (non-hydrogen) atoms. The van der Waals surface area contributed by atoms with Crippen molar-refractivity contribution in [3.05, 3.63) is 78.1 Å². The van der Waals surface area contributed by atoms with Crippen molar-refractivity contribution in [1.82, 2.24) is 5.32 Å². The van der Waals surface area contributed by atoms with E-state index in [2.05, 4.69) is 19.2 Å². The Balaban J connectivity index is 1.56. The molecule has 2 unspecified atom stereocenters. The second-order valence-electron chi connectivity index (χ2n) is 8.89. The summed E-state index contributed by atoms with van der Waals surface area (Å²) in [5.41, 5.74) is 2.59. The molecule has 2 N–H and O–H groups in total. The maximum absolute atomic E-state index is 12.3. The molecule has 1 aromatic heterocycles. The fourth-order valence-electron chi connectivity index (χ4n) is 4.50. The van der Waals surface area contributed by atoms with E-state index in [1.54, 1.807) is 6.26 Å². The van der Waals surface area contributed by atoms with Gasteiger partial charge < -0.3 is 19.6 Å². The van der Waals surface area contributed by atoms with Gasteiger partial charge in [-0.15, -0.1) is 0 Å². The number of amides is 1. The quantitative estimate of drug-likeness (QED) is 0.268. The van der Waals surface area contributed by atoms with Gasteiger partial charge >= 0.3 is 5.97 Å². The molecule has 0 spiro atoms. The van der Waals surface area contributed by atoms with Crippen LogP contribution in [0.15, 0.2) is 71.3 Å². The maximum Gasteiger partial charge on any atom is 0.304 e. The lowest BCUT2D eigenvalue weighted by molar-refractivity contribution is -0.137. The van der Waals surface area contributed by atoms with Crippen molar-refractivity contribution < 1.29 is 23.8 Å². The fourth-order valence-corrected chi connectivity index (χ4v) is 4.50. The molecule has 0 saturated heterocycles. The zero-order valence-electron chi connectivity index (χ0n) is 20.1. The molecule has 1 amide bonds.